The molecule has 22 nitrogen and oxygen atoms in total. The Bertz CT molecular complexity index is 2410. The number of nitrogens with one attached hydrogen (secondary N) is 2. The molecule has 3 atom stereocenters. The smallest absolute Gasteiger partial charge is 0.242 e. The molecule has 7 rings (SSSR count). The highest BCUT2D eigenvalue weighted by Crippen LogP contribution is 2.39. The quantitative estimate of drug-likeness (QED) is 0.0699. The van der Waals surface area contributed by atoms with Crippen LogP contribution in [0, 0.1) is 11.8 Å². The van der Waals surface area contributed by atoms with Crippen molar-refractivity contribution in [2.45, 2.75) is 70.0 Å². The molecule has 2 unspecified atom stereocenters. The standard InChI is InChI=1S/C60H89ClN8O14S/c1-2-28-76-30-32-78-34-36-80-38-40-82-41-39-81-37-35-79-33-31-77-29-7-8-47(70)15-18-69-56(72)44-54(60(69)75)84-42-17-62-55(71)45-66-22-20-65(21-23-66)19-16-63-58(73)48-9-3-4-10-49(48)59(74)68-26-24-67(25-27-68)57-50-43-46(61)13-14-52(50)83-53-12-6-5-11-51(53)64-57/h5-6,11-14,43,48-49,54H,2-4,7-10,15-42,44-45H2,1H3,(H,62,71)(H,63,73)/t48?,49-,54?/m0/s1. The van der Waals surface area contributed by atoms with E-state index in [0.29, 0.717) is 193 Å². The van der Waals surface area contributed by atoms with Gasteiger partial charge in [0, 0.05) is 134 Å². The van der Waals surface area contributed by atoms with Gasteiger partial charge in [-0.1, -0.05) is 43.5 Å². The van der Waals surface area contributed by atoms with Gasteiger partial charge in [0.1, 0.15) is 23.1 Å². The van der Waals surface area contributed by atoms with Crippen molar-refractivity contribution in [2.75, 3.05) is 183 Å². The van der Waals surface area contributed by atoms with Gasteiger partial charge in [-0.2, -0.15) is 0 Å². The molecule has 2 N–H and O–H groups in total. The van der Waals surface area contributed by atoms with Crippen molar-refractivity contribution in [1.82, 2.24) is 35.1 Å². The van der Waals surface area contributed by atoms with E-state index in [4.69, 9.17) is 54.5 Å². The average Bonchev–Trinajstić information content (AvgIpc) is 3.90. The van der Waals surface area contributed by atoms with E-state index in [2.05, 4.69) is 32.3 Å². The Kier molecular flexibility index (Phi) is 29.9. The van der Waals surface area contributed by atoms with E-state index in [1.54, 1.807) is 6.07 Å². The first kappa shape index (κ1) is 66.7. The monoisotopic (exact) mass is 1210 g/mol. The van der Waals surface area contributed by atoms with Crippen LogP contribution in [0.1, 0.15) is 70.3 Å². The molecule has 4 fully saturated rings. The number of benzene rings is 2. The van der Waals surface area contributed by atoms with Gasteiger partial charge in [0.2, 0.25) is 29.5 Å². The van der Waals surface area contributed by atoms with Crippen molar-refractivity contribution in [3.8, 4) is 11.5 Å². The molecule has 0 bridgehead atoms. The fourth-order valence-corrected chi connectivity index (χ4v) is 11.9. The normalized spacial score (nSPS) is 19.4. The predicted octanol–water partition coefficient (Wildman–Crippen LogP) is 4.45. The van der Waals surface area contributed by atoms with E-state index in [1.165, 1.54) is 16.7 Å². The minimum absolute atomic E-state index is 0.0341. The second-order valence-electron chi connectivity index (χ2n) is 21.3. The van der Waals surface area contributed by atoms with Crippen molar-refractivity contribution >= 4 is 70.2 Å². The van der Waals surface area contributed by atoms with Gasteiger partial charge < -0.3 is 58.3 Å². The lowest BCUT2D eigenvalue weighted by Gasteiger charge is -2.40. The number of aliphatic imine (C=N–C) groups is 1. The number of rotatable bonds is 38. The van der Waals surface area contributed by atoms with Crippen LogP contribution >= 0.6 is 23.4 Å². The second kappa shape index (κ2) is 37.7. The molecule has 5 amide bonds. The number of hydrogen-bond acceptors (Lipinski definition) is 19. The topological polar surface area (TPSA) is 229 Å². The first-order valence-corrected chi connectivity index (χ1v) is 31.7. The lowest BCUT2D eigenvalue weighted by molar-refractivity contribution is -0.144. The van der Waals surface area contributed by atoms with Crippen LogP contribution in [0.4, 0.5) is 5.69 Å². The molecule has 4 heterocycles. The molecule has 0 radical (unpaired) electrons. The molecule has 0 aromatic heterocycles. The maximum Gasteiger partial charge on any atom is 0.242 e. The van der Waals surface area contributed by atoms with Crippen molar-refractivity contribution in [3.05, 3.63) is 53.1 Å². The number of carbonyl (C=O) groups excluding carboxylic acids is 6. The number of para-hydroxylation sites is 2. The van der Waals surface area contributed by atoms with Crippen LogP contribution < -0.4 is 15.4 Å². The van der Waals surface area contributed by atoms with Gasteiger partial charge >= 0.3 is 0 Å². The number of hydrogen-bond donors (Lipinski definition) is 2. The van der Waals surface area contributed by atoms with Crippen LogP contribution in [0.5, 0.6) is 11.5 Å². The third-order valence-corrected chi connectivity index (χ3v) is 16.7. The largest absolute Gasteiger partial charge is 0.454 e. The summed E-state index contributed by atoms with van der Waals surface area (Å²) in [6.07, 6.45) is 5.25. The Morgan fingerprint density at radius 2 is 1.27 bits per heavy atom. The Morgan fingerprint density at radius 1 is 0.667 bits per heavy atom. The highest BCUT2D eigenvalue weighted by atomic mass is 35.5. The van der Waals surface area contributed by atoms with Gasteiger partial charge in [-0.05, 0) is 56.0 Å². The second-order valence-corrected chi connectivity index (χ2v) is 23.1. The molecule has 1 saturated carbocycles. The molecular formula is C60H89ClN8O14S. The maximum atomic E-state index is 14.1. The number of piperazine rings is 2. The SMILES string of the molecule is CCCOCCOCCOCCOCCOCCOCCOCCCC(=O)CCN1C(=O)CC(SCCNC(=O)CN2CCN(CCNC(=O)C3CCCC[C@@H]3C(=O)N3CCN(C4=Nc5ccccc5Oc5ccc(Cl)cc54)CC3)CC2)C1=O. The Labute approximate surface area is 504 Å². The van der Waals surface area contributed by atoms with Crippen molar-refractivity contribution in [3.63, 3.8) is 0 Å². The number of Topliss-reactive ketones (excluding diaryl/α,β-unsaturated/α-hetero) is 1. The number of thioether (sulfide) groups is 1. The van der Waals surface area contributed by atoms with Gasteiger partial charge in [-0.3, -0.25) is 43.5 Å². The van der Waals surface area contributed by atoms with Crippen LogP contribution in [-0.4, -0.2) is 254 Å². The van der Waals surface area contributed by atoms with E-state index >= 15 is 0 Å². The summed E-state index contributed by atoms with van der Waals surface area (Å²) < 4.78 is 44.6. The van der Waals surface area contributed by atoms with Crippen LogP contribution in [0.3, 0.4) is 0 Å². The Balaban J connectivity index is 0.659. The van der Waals surface area contributed by atoms with Gasteiger partial charge in [0.05, 0.1) is 96.6 Å². The summed E-state index contributed by atoms with van der Waals surface area (Å²) in [7, 11) is 0. The zero-order valence-electron chi connectivity index (χ0n) is 49.1. The van der Waals surface area contributed by atoms with Gasteiger partial charge in [0.15, 0.2) is 5.75 Å². The summed E-state index contributed by atoms with van der Waals surface area (Å²) in [5, 5.41) is 6.16. The summed E-state index contributed by atoms with van der Waals surface area (Å²) in [5.41, 5.74) is 1.54. The molecule has 0 spiro atoms. The molecule has 2 aromatic rings. The zero-order valence-corrected chi connectivity index (χ0v) is 50.7. The fourth-order valence-electron chi connectivity index (χ4n) is 10.7. The van der Waals surface area contributed by atoms with Crippen molar-refractivity contribution < 1.29 is 66.7 Å². The van der Waals surface area contributed by atoms with E-state index in [1.807, 2.05) is 41.3 Å². The first-order valence-electron chi connectivity index (χ1n) is 30.3. The van der Waals surface area contributed by atoms with Crippen LogP contribution in [-0.2, 0) is 61.9 Å². The minimum atomic E-state index is -0.532. The number of halogens is 1. The number of fused-ring (bicyclic) bond motifs is 2. The summed E-state index contributed by atoms with van der Waals surface area (Å²) in [4.78, 5) is 93.7. The number of amides is 5. The molecule has 5 aliphatic rings. The fraction of sp³-hybridized carbons (Fsp3) is 0.683. The number of ether oxygens (including phenoxy) is 8. The summed E-state index contributed by atoms with van der Waals surface area (Å²) in [6, 6.07) is 13.2. The molecule has 4 aliphatic heterocycles. The molecule has 84 heavy (non-hydrogen) atoms. The molecule has 466 valence electrons. The van der Waals surface area contributed by atoms with Crippen LogP contribution in [0.2, 0.25) is 5.02 Å². The van der Waals surface area contributed by atoms with Gasteiger partial charge in [0.25, 0.3) is 0 Å². The van der Waals surface area contributed by atoms with Crippen LogP contribution in [0.15, 0.2) is 47.5 Å². The molecule has 24 heteroatoms. The van der Waals surface area contributed by atoms with E-state index in [-0.39, 0.29) is 73.1 Å². The number of carbonyl (C=O) groups is 6. The Morgan fingerprint density at radius 3 is 1.93 bits per heavy atom. The maximum absolute atomic E-state index is 14.1. The van der Waals surface area contributed by atoms with E-state index in [0.717, 1.165) is 56.0 Å². The summed E-state index contributed by atoms with van der Waals surface area (Å²) in [6.45, 7) is 16.0. The van der Waals surface area contributed by atoms with Crippen molar-refractivity contribution in [1.29, 1.82) is 0 Å². The van der Waals surface area contributed by atoms with Crippen molar-refractivity contribution in [2.24, 2.45) is 16.8 Å². The molecule has 3 saturated heterocycles. The number of likely N-dealkylation sites (tertiary alicyclic amines) is 1. The molecular weight excluding hydrogens is 1120 g/mol. The van der Waals surface area contributed by atoms with E-state index < -0.39 is 5.25 Å². The Hall–Kier alpha value is -4.79. The van der Waals surface area contributed by atoms with Gasteiger partial charge in [-0.15, -0.1) is 11.8 Å². The van der Waals surface area contributed by atoms with Crippen LogP contribution in [0.25, 0.3) is 0 Å². The first-order chi connectivity index (χ1) is 41.1. The van der Waals surface area contributed by atoms with E-state index in [9.17, 15) is 28.8 Å². The number of amidine groups is 1. The number of imide groups is 1. The van der Waals surface area contributed by atoms with Gasteiger partial charge in [-0.25, -0.2) is 4.99 Å². The minimum Gasteiger partial charge on any atom is -0.454 e. The number of nitrogens with zero attached hydrogens (tertiary/aromatic N) is 6. The predicted molar refractivity (Wildman–Crippen MR) is 319 cm³/mol. The molecule has 2 aromatic carbocycles. The molecule has 1 aliphatic carbocycles. The lowest BCUT2D eigenvalue weighted by atomic mass is 9.77. The zero-order chi connectivity index (χ0) is 59.1. The third kappa shape index (κ3) is 22.5. The lowest BCUT2D eigenvalue weighted by Crippen LogP contribution is -2.54. The number of ketones is 1. The third-order valence-electron chi connectivity index (χ3n) is 15.2. The highest BCUT2D eigenvalue weighted by molar-refractivity contribution is 8.00. The summed E-state index contributed by atoms with van der Waals surface area (Å²) in [5.74, 6) is 1.16. The highest BCUT2D eigenvalue weighted by Gasteiger charge is 2.40. The average molecular weight is 1210 g/mol. The summed E-state index contributed by atoms with van der Waals surface area (Å²) >= 11 is 7.80.